The number of benzene rings is 1. The average Bonchev–Trinajstić information content (AvgIpc) is 2.63. The summed E-state index contributed by atoms with van der Waals surface area (Å²) < 4.78 is 37.7. The number of hydrogen-bond acceptors (Lipinski definition) is 2. The van der Waals surface area contributed by atoms with Gasteiger partial charge in [-0.2, -0.15) is 13.2 Å². The van der Waals surface area contributed by atoms with Gasteiger partial charge < -0.3 is 10.2 Å². The Balaban J connectivity index is 2.13. The molecule has 0 radical (unpaired) electrons. The summed E-state index contributed by atoms with van der Waals surface area (Å²) in [7, 11) is 0. The minimum atomic E-state index is -4.26. The van der Waals surface area contributed by atoms with Gasteiger partial charge in [0.15, 0.2) is 0 Å². The van der Waals surface area contributed by atoms with Gasteiger partial charge in [-0.25, -0.2) is 0 Å². The van der Waals surface area contributed by atoms with Crippen molar-refractivity contribution in [3.63, 3.8) is 0 Å². The molecular weight excluding hydrogens is 265 g/mol. The Labute approximate surface area is 118 Å². The molecule has 1 aliphatic heterocycles. The first-order valence-electron chi connectivity index (χ1n) is 7.03. The van der Waals surface area contributed by atoms with Crippen molar-refractivity contribution >= 4 is 5.69 Å². The Morgan fingerprint density at radius 3 is 2.40 bits per heavy atom. The van der Waals surface area contributed by atoms with E-state index >= 15 is 0 Å². The van der Waals surface area contributed by atoms with E-state index in [1.807, 2.05) is 0 Å². The molecule has 1 aromatic carbocycles. The molecule has 2 nitrogen and oxygen atoms in total. The largest absolute Gasteiger partial charge is 0.416 e. The fourth-order valence-corrected chi connectivity index (χ4v) is 2.49. The first kappa shape index (κ1) is 15.2. The summed E-state index contributed by atoms with van der Waals surface area (Å²) in [6.07, 6.45) is -3.26. The maximum Gasteiger partial charge on any atom is 0.416 e. The SMILES string of the molecule is CC(C)C1CN(c2ccc(C(F)(F)F)cc2)CCCN1. The van der Waals surface area contributed by atoms with Gasteiger partial charge >= 0.3 is 6.18 Å². The number of hydrogen-bond donors (Lipinski definition) is 1. The molecule has 0 bridgehead atoms. The molecule has 1 aliphatic rings. The van der Waals surface area contributed by atoms with Crippen LogP contribution in [0.3, 0.4) is 0 Å². The highest BCUT2D eigenvalue weighted by Crippen LogP contribution is 2.30. The van der Waals surface area contributed by atoms with Crippen LogP contribution in [0, 0.1) is 5.92 Å². The van der Waals surface area contributed by atoms with E-state index in [0.29, 0.717) is 12.0 Å². The third-order valence-corrected chi connectivity index (χ3v) is 3.79. The highest BCUT2D eigenvalue weighted by atomic mass is 19.4. The lowest BCUT2D eigenvalue weighted by Gasteiger charge is -2.28. The molecule has 1 aromatic rings. The second kappa shape index (κ2) is 6.04. The third kappa shape index (κ3) is 3.66. The van der Waals surface area contributed by atoms with Crippen LogP contribution in [-0.2, 0) is 6.18 Å². The van der Waals surface area contributed by atoms with Crippen molar-refractivity contribution < 1.29 is 13.2 Å². The Bertz CT molecular complexity index is 426. The zero-order valence-corrected chi connectivity index (χ0v) is 11.9. The molecule has 20 heavy (non-hydrogen) atoms. The van der Waals surface area contributed by atoms with Gasteiger partial charge in [0.05, 0.1) is 5.56 Å². The zero-order chi connectivity index (χ0) is 14.8. The fourth-order valence-electron chi connectivity index (χ4n) is 2.49. The predicted octanol–water partition coefficient (Wildman–Crippen LogP) is 3.53. The summed E-state index contributed by atoms with van der Waals surface area (Å²) in [5.74, 6) is 0.505. The maximum atomic E-state index is 12.6. The Morgan fingerprint density at radius 1 is 1.20 bits per heavy atom. The van der Waals surface area contributed by atoms with Crippen molar-refractivity contribution in [2.45, 2.75) is 32.5 Å². The molecule has 1 atom stereocenters. The lowest BCUT2D eigenvalue weighted by atomic mass is 10.0. The molecule has 0 saturated carbocycles. The monoisotopic (exact) mass is 286 g/mol. The van der Waals surface area contributed by atoms with E-state index in [4.69, 9.17) is 0 Å². The van der Waals surface area contributed by atoms with Gasteiger partial charge in [0.25, 0.3) is 0 Å². The summed E-state index contributed by atoms with van der Waals surface area (Å²) in [5, 5.41) is 3.49. The lowest BCUT2D eigenvalue weighted by molar-refractivity contribution is -0.137. The highest BCUT2D eigenvalue weighted by molar-refractivity contribution is 5.48. The first-order valence-corrected chi connectivity index (χ1v) is 7.03. The van der Waals surface area contributed by atoms with E-state index in [9.17, 15) is 13.2 Å². The molecule has 5 heteroatoms. The maximum absolute atomic E-state index is 12.6. The number of nitrogens with zero attached hydrogens (tertiary/aromatic N) is 1. The quantitative estimate of drug-likeness (QED) is 0.894. The van der Waals surface area contributed by atoms with Gasteiger partial charge in [-0.15, -0.1) is 0 Å². The fraction of sp³-hybridized carbons (Fsp3) is 0.600. The summed E-state index contributed by atoms with van der Waals surface area (Å²) in [5.41, 5.74) is 0.280. The normalized spacial score (nSPS) is 21.1. The molecule has 1 unspecified atom stereocenters. The molecule has 1 saturated heterocycles. The lowest BCUT2D eigenvalue weighted by Crippen LogP contribution is -2.41. The van der Waals surface area contributed by atoms with Gasteiger partial charge in [0, 0.05) is 24.8 Å². The van der Waals surface area contributed by atoms with E-state index in [1.54, 1.807) is 12.1 Å². The van der Waals surface area contributed by atoms with Crippen LogP contribution in [0.2, 0.25) is 0 Å². The van der Waals surface area contributed by atoms with Crippen molar-refractivity contribution in [3.8, 4) is 0 Å². The van der Waals surface area contributed by atoms with Crippen LogP contribution in [0.5, 0.6) is 0 Å². The second-order valence-electron chi connectivity index (χ2n) is 5.65. The summed E-state index contributed by atoms with van der Waals surface area (Å²) in [6, 6.07) is 5.85. The van der Waals surface area contributed by atoms with Gasteiger partial charge in [-0.05, 0) is 43.1 Å². The summed E-state index contributed by atoms with van der Waals surface area (Å²) >= 11 is 0. The van der Waals surface area contributed by atoms with Crippen molar-refractivity contribution in [3.05, 3.63) is 29.8 Å². The van der Waals surface area contributed by atoms with Gasteiger partial charge in [0.1, 0.15) is 0 Å². The van der Waals surface area contributed by atoms with Crippen LogP contribution >= 0.6 is 0 Å². The number of nitrogens with one attached hydrogen (secondary N) is 1. The van der Waals surface area contributed by atoms with Crippen LogP contribution in [0.15, 0.2) is 24.3 Å². The Morgan fingerprint density at radius 2 is 1.85 bits per heavy atom. The standard InChI is InChI=1S/C15H21F3N2/c1-11(2)14-10-20(9-3-8-19-14)13-6-4-12(5-7-13)15(16,17)18/h4-7,11,14,19H,3,8-10H2,1-2H3. The molecule has 0 aromatic heterocycles. The molecule has 0 spiro atoms. The van der Waals surface area contributed by atoms with Crippen molar-refractivity contribution in [2.75, 3.05) is 24.5 Å². The van der Waals surface area contributed by atoms with Gasteiger partial charge in [-0.1, -0.05) is 13.8 Å². The van der Waals surface area contributed by atoms with E-state index in [2.05, 4.69) is 24.1 Å². The minimum Gasteiger partial charge on any atom is -0.370 e. The van der Waals surface area contributed by atoms with E-state index in [0.717, 1.165) is 43.9 Å². The number of halogens is 3. The highest BCUT2D eigenvalue weighted by Gasteiger charge is 2.30. The number of anilines is 1. The van der Waals surface area contributed by atoms with E-state index in [-0.39, 0.29) is 0 Å². The number of rotatable bonds is 2. The molecule has 1 fully saturated rings. The van der Waals surface area contributed by atoms with E-state index in [1.165, 1.54) is 0 Å². The van der Waals surface area contributed by atoms with Crippen molar-refractivity contribution in [1.82, 2.24) is 5.32 Å². The summed E-state index contributed by atoms with van der Waals surface area (Å²) in [6.45, 7) is 6.99. The molecule has 112 valence electrons. The molecule has 1 heterocycles. The second-order valence-corrected chi connectivity index (χ2v) is 5.65. The first-order chi connectivity index (χ1) is 9.38. The summed E-state index contributed by atoms with van der Waals surface area (Å²) in [4.78, 5) is 2.17. The van der Waals surface area contributed by atoms with Crippen LogP contribution in [0.25, 0.3) is 0 Å². The Kier molecular flexibility index (Phi) is 4.58. The Hall–Kier alpha value is -1.23. The number of alkyl halides is 3. The molecule has 1 N–H and O–H groups in total. The van der Waals surface area contributed by atoms with Crippen LogP contribution in [-0.4, -0.2) is 25.7 Å². The topological polar surface area (TPSA) is 15.3 Å². The average molecular weight is 286 g/mol. The predicted molar refractivity (Wildman–Crippen MR) is 74.9 cm³/mol. The molecular formula is C15H21F3N2. The van der Waals surface area contributed by atoms with Gasteiger partial charge in [0.2, 0.25) is 0 Å². The minimum absolute atomic E-state index is 0.375. The molecule has 0 amide bonds. The zero-order valence-electron chi connectivity index (χ0n) is 11.9. The van der Waals surface area contributed by atoms with Crippen LogP contribution < -0.4 is 10.2 Å². The third-order valence-electron chi connectivity index (χ3n) is 3.79. The van der Waals surface area contributed by atoms with Crippen molar-refractivity contribution in [2.24, 2.45) is 5.92 Å². The van der Waals surface area contributed by atoms with E-state index < -0.39 is 11.7 Å². The molecule has 2 rings (SSSR count). The van der Waals surface area contributed by atoms with Crippen LogP contribution in [0.1, 0.15) is 25.8 Å². The smallest absolute Gasteiger partial charge is 0.370 e. The van der Waals surface area contributed by atoms with Crippen LogP contribution in [0.4, 0.5) is 18.9 Å². The van der Waals surface area contributed by atoms with Crippen molar-refractivity contribution in [1.29, 1.82) is 0 Å². The molecule has 0 aliphatic carbocycles. The van der Waals surface area contributed by atoms with Gasteiger partial charge in [-0.3, -0.25) is 0 Å².